The molecule has 0 heterocycles. The van der Waals surface area contributed by atoms with E-state index in [4.69, 9.17) is 0 Å². The Morgan fingerprint density at radius 3 is 2.37 bits per heavy atom. The zero-order valence-electron chi connectivity index (χ0n) is 12.3. The molecule has 1 aromatic carbocycles. The first-order valence-corrected chi connectivity index (χ1v) is 6.80. The van der Waals surface area contributed by atoms with Gasteiger partial charge in [0.2, 0.25) is 5.91 Å². The molecule has 0 spiro atoms. The third kappa shape index (κ3) is 5.86. The van der Waals surface area contributed by atoms with Crippen molar-refractivity contribution in [1.82, 2.24) is 5.32 Å². The number of nitrogens with one attached hydrogen (secondary N) is 1. The predicted molar refractivity (Wildman–Crippen MR) is 76.3 cm³/mol. The van der Waals surface area contributed by atoms with E-state index in [9.17, 15) is 9.18 Å². The molecule has 1 aromatic rings. The van der Waals surface area contributed by atoms with Crippen LogP contribution in [-0.2, 0) is 11.2 Å². The van der Waals surface area contributed by atoms with Crippen molar-refractivity contribution >= 4 is 5.91 Å². The summed E-state index contributed by atoms with van der Waals surface area (Å²) >= 11 is 0. The van der Waals surface area contributed by atoms with Gasteiger partial charge in [-0.1, -0.05) is 39.8 Å². The second kappa shape index (κ2) is 6.69. The van der Waals surface area contributed by atoms with Gasteiger partial charge >= 0.3 is 0 Å². The van der Waals surface area contributed by atoms with Crippen LogP contribution in [0.4, 0.5) is 4.39 Å². The van der Waals surface area contributed by atoms with Crippen molar-refractivity contribution in [3.63, 3.8) is 0 Å². The van der Waals surface area contributed by atoms with Crippen molar-refractivity contribution in [2.75, 3.05) is 6.54 Å². The number of hydrogen-bond acceptors (Lipinski definition) is 1. The lowest BCUT2D eigenvalue weighted by Crippen LogP contribution is -2.30. The van der Waals surface area contributed by atoms with Crippen molar-refractivity contribution < 1.29 is 9.18 Å². The molecule has 0 aromatic heterocycles. The molecule has 0 saturated heterocycles. The molecule has 1 N–H and O–H groups in total. The lowest BCUT2D eigenvalue weighted by atomic mass is 9.80. The smallest absolute Gasteiger partial charge is 0.220 e. The summed E-state index contributed by atoms with van der Waals surface area (Å²) in [6.45, 7) is 9.12. The number of rotatable bonds is 5. The van der Waals surface area contributed by atoms with E-state index in [2.05, 4.69) is 33.0 Å². The molecule has 19 heavy (non-hydrogen) atoms. The molecule has 1 atom stereocenters. The van der Waals surface area contributed by atoms with Crippen LogP contribution in [0.5, 0.6) is 0 Å². The van der Waals surface area contributed by atoms with Crippen LogP contribution in [-0.4, -0.2) is 12.5 Å². The monoisotopic (exact) mass is 265 g/mol. The Balaban J connectivity index is 2.29. The lowest BCUT2D eigenvalue weighted by Gasteiger charge is -2.26. The van der Waals surface area contributed by atoms with E-state index >= 15 is 0 Å². The van der Waals surface area contributed by atoms with E-state index in [1.807, 2.05) is 0 Å². The normalized spacial score (nSPS) is 13.1. The fourth-order valence-electron chi connectivity index (χ4n) is 1.65. The Bertz CT molecular complexity index is 406. The Morgan fingerprint density at radius 2 is 1.84 bits per heavy atom. The average Bonchev–Trinajstić information content (AvgIpc) is 2.30. The minimum absolute atomic E-state index is 0.0875. The number of carbonyl (C=O) groups is 1. The van der Waals surface area contributed by atoms with Gasteiger partial charge in [0.1, 0.15) is 5.82 Å². The van der Waals surface area contributed by atoms with Gasteiger partial charge in [-0.2, -0.15) is 0 Å². The summed E-state index contributed by atoms with van der Waals surface area (Å²) in [6, 6.07) is 6.39. The minimum Gasteiger partial charge on any atom is -0.356 e. The van der Waals surface area contributed by atoms with Gasteiger partial charge in [0.05, 0.1) is 0 Å². The van der Waals surface area contributed by atoms with Crippen LogP contribution < -0.4 is 5.32 Å². The van der Waals surface area contributed by atoms with E-state index in [0.717, 1.165) is 12.0 Å². The Morgan fingerprint density at radius 1 is 1.26 bits per heavy atom. The van der Waals surface area contributed by atoms with Crippen molar-refractivity contribution in [3.05, 3.63) is 35.6 Å². The van der Waals surface area contributed by atoms with E-state index in [0.29, 0.717) is 18.9 Å². The predicted octanol–water partition coefficient (Wildman–Crippen LogP) is 3.56. The molecule has 2 nitrogen and oxygen atoms in total. The summed E-state index contributed by atoms with van der Waals surface area (Å²) in [5.41, 5.74) is 1.18. The highest BCUT2D eigenvalue weighted by Gasteiger charge is 2.22. The fraction of sp³-hybridized carbons (Fsp3) is 0.562. The lowest BCUT2D eigenvalue weighted by molar-refractivity contribution is -0.122. The largest absolute Gasteiger partial charge is 0.356 e. The molecule has 0 aliphatic heterocycles. The number of amides is 1. The first kappa shape index (κ1) is 15.7. The number of halogens is 1. The maximum absolute atomic E-state index is 12.7. The van der Waals surface area contributed by atoms with Gasteiger partial charge in [0.25, 0.3) is 0 Å². The Kier molecular flexibility index (Phi) is 5.52. The van der Waals surface area contributed by atoms with Crippen LogP contribution in [0, 0.1) is 17.2 Å². The molecule has 1 amide bonds. The number of carbonyl (C=O) groups excluding carboxylic acids is 1. The summed E-state index contributed by atoms with van der Waals surface area (Å²) in [5, 5.41) is 2.92. The van der Waals surface area contributed by atoms with Crippen molar-refractivity contribution in [1.29, 1.82) is 0 Å². The molecule has 0 aliphatic carbocycles. The fourth-order valence-corrected chi connectivity index (χ4v) is 1.65. The molecule has 0 saturated carbocycles. The molecular formula is C16H24FNO. The summed E-state index contributed by atoms with van der Waals surface area (Å²) in [7, 11) is 0. The molecule has 0 fully saturated rings. The highest BCUT2D eigenvalue weighted by Crippen LogP contribution is 2.27. The van der Waals surface area contributed by atoms with Crippen molar-refractivity contribution in [3.8, 4) is 0 Å². The standard InChI is InChI=1S/C16H24FNO/c1-12(16(2,3)4)11-15(19)18-10-9-13-5-7-14(17)8-6-13/h5-8,12H,9-11H2,1-4H3,(H,18,19)/t12-/m0/s1. The summed E-state index contributed by atoms with van der Waals surface area (Å²) in [5.74, 6) is 0.203. The van der Waals surface area contributed by atoms with Crippen LogP contribution in [0.1, 0.15) is 39.7 Å². The molecule has 1 rings (SSSR count). The van der Waals surface area contributed by atoms with E-state index < -0.39 is 0 Å². The first-order valence-electron chi connectivity index (χ1n) is 6.80. The average molecular weight is 265 g/mol. The van der Waals surface area contributed by atoms with Crippen LogP contribution >= 0.6 is 0 Å². The second-order valence-electron chi connectivity index (χ2n) is 6.20. The number of benzene rings is 1. The summed E-state index contributed by atoms with van der Waals surface area (Å²) in [4.78, 5) is 11.8. The van der Waals surface area contributed by atoms with Crippen LogP contribution in [0.25, 0.3) is 0 Å². The van der Waals surface area contributed by atoms with Gasteiger partial charge in [-0.25, -0.2) is 4.39 Å². The Hall–Kier alpha value is -1.38. The molecular weight excluding hydrogens is 241 g/mol. The Labute approximate surface area is 115 Å². The zero-order chi connectivity index (χ0) is 14.5. The first-order chi connectivity index (χ1) is 8.79. The van der Waals surface area contributed by atoms with Crippen molar-refractivity contribution in [2.45, 2.75) is 40.5 Å². The van der Waals surface area contributed by atoms with Crippen molar-refractivity contribution in [2.24, 2.45) is 11.3 Å². The highest BCUT2D eigenvalue weighted by molar-refractivity contribution is 5.76. The van der Waals surface area contributed by atoms with E-state index in [-0.39, 0.29) is 17.1 Å². The maximum Gasteiger partial charge on any atom is 0.220 e. The molecule has 106 valence electrons. The van der Waals surface area contributed by atoms with Gasteiger partial charge < -0.3 is 5.32 Å². The van der Waals surface area contributed by atoms with Crippen LogP contribution in [0.2, 0.25) is 0 Å². The SMILES string of the molecule is C[C@@H](CC(=O)NCCc1ccc(F)cc1)C(C)(C)C. The second-order valence-corrected chi connectivity index (χ2v) is 6.20. The van der Waals surface area contributed by atoms with Gasteiger partial charge in [0.15, 0.2) is 0 Å². The quantitative estimate of drug-likeness (QED) is 0.866. The molecule has 0 aliphatic rings. The molecule has 0 unspecified atom stereocenters. The number of hydrogen-bond donors (Lipinski definition) is 1. The zero-order valence-corrected chi connectivity index (χ0v) is 12.3. The molecule has 3 heteroatoms. The van der Waals surface area contributed by atoms with Crippen LogP contribution in [0.15, 0.2) is 24.3 Å². The van der Waals surface area contributed by atoms with Gasteiger partial charge in [-0.3, -0.25) is 4.79 Å². The third-order valence-electron chi connectivity index (χ3n) is 3.62. The van der Waals surface area contributed by atoms with Crippen LogP contribution in [0.3, 0.4) is 0 Å². The summed E-state index contributed by atoms with van der Waals surface area (Å²) in [6.07, 6.45) is 1.28. The maximum atomic E-state index is 12.7. The van der Waals surface area contributed by atoms with Gasteiger partial charge in [-0.05, 0) is 35.4 Å². The molecule has 0 radical (unpaired) electrons. The molecule has 0 bridgehead atoms. The van der Waals surface area contributed by atoms with Gasteiger partial charge in [0, 0.05) is 13.0 Å². The van der Waals surface area contributed by atoms with Gasteiger partial charge in [-0.15, -0.1) is 0 Å². The third-order valence-corrected chi connectivity index (χ3v) is 3.62. The highest BCUT2D eigenvalue weighted by atomic mass is 19.1. The minimum atomic E-state index is -0.230. The van der Waals surface area contributed by atoms with E-state index in [1.54, 1.807) is 12.1 Å². The topological polar surface area (TPSA) is 29.1 Å². The summed E-state index contributed by atoms with van der Waals surface area (Å²) < 4.78 is 12.7. The van der Waals surface area contributed by atoms with E-state index in [1.165, 1.54) is 12.1 Å².